The van der Waals surface area contributed by atoms with E-state index in [9.17, 15) is 14.3 Å². The molecule has 5 nitrogen and oxygen atoms in total. The van der Waals surface area contributed by atoms with E-state index in [0.29, 0.717) is 0 Å². The molecule has 1 rings (SSSR count). The highest BCUT2D eigenvalue weighted by molar-refractivity contribution is 5.74. The Morgan fingerprint density at radius 3 is 2.37 bits per heavy atom. The highest BCUT2D eigenvalue weighted by Gasteiger charge is 2.32. The van der Waals surface area contributed by atoms with Crippen LogP contribution < -0.4 is 9.47 Å². The number of hydrogen-bond acceptors (Lipinski definition) is 4. The highest BCUT2D eigenvalue weighted by Crippen LogP contribution is 2.40. The number of halogens is 1. The number of hydrogen-bond donors (Lipinski definition) is 2. The summed E-state index contributed by atoms with van der Waals surface area (Å²) < 4.78 is 24.0. The lowest BCUT2D eigenvalue weighted by atomic mass is 9.85. The molecular weight excluding hydrogens is 255 g/mol. The van der Waals surface area contributed by atoms with Crippen molar-refractivity contribution in [3.63, 3.8) is 0 Å². The zero-order chi connectivity index (χ0) is 14.8. The van der Waals surface area contributed by atoms with Gasteiger partial charge in [-0.3, -0.25) is 4.79 Å². The number of phenols is 1. The minimum atomic E-state index is -1.20. The van der Waals surface area contributed by atoms with Gasteiger partial charge in [0.1, 0.15) is 0 Å². The summed E-state index contributed by atoms with van der Waals surface area (Å²) in [6, 6.07) is 1.09. The summed E-state index contributed by atoms with van der Waals surface area (Å²) in [5.74, 6) is -2.33. The van der Waals surface area contributed by atoms with E-state index in [1.54, 1.807) is 0 Å². The second kappa shape index (κ2) is 5.34. The number of benzene rings is 1. The van der Waals surface area contributed by atoms with Gasteiger partial charge < -0.3 is 19.7 Å². The normalized spacial score (nSPS) is 11.2. The summed E-state index contributed by atoms with van der Waals surface area (Å²) in [5.41, 5.74) is -1.22. The average Bonchev–Trinajstić information content (AvgIpc) is 2.34. The van der Waals surface area contributed by atoms with E-state index in [1.807, 2.05) is 0 Å². The first kappa shape index (κ1) is 15.1. The van der Waals surface area contributed by atoms with Gasteiger partial charge in [0.15, 0.2) is 23.1 Å². The van der Waals surface area contributed by atoms with Crippen molar-refractivity contribution in [3.05, 3.63) is 17.4 Å². The van der Waals surface area contributed by atoms with Crippen LogP contribution in [-0.2, 0) is 11.2 Å². The molecule has 19 heavy (non-hydrogen) atoms. The molecule has 0 bridgehead atoms. The first-order valence-corrected chi connectivity index (χ1v) is 5.60. The van der Waals surface area contributed by atoms with Crippen LogP contribution >= 0.6 is 0 Å². The lowest BCUT2D eigenvalue weighted by molar-refractivity contribution is -0.146. The van der Waals surface area contributed by atoms with E-state index in [0.717, 1.165) is 6.07 Å². The van der Waals surface area contributed by atoms with Crippen LogP contribution in [-0.4, -0.2) is 30.4 Å². The van der Waals surface area contributed by atoms with Crippen molar-refractivity contribution in [2.75, 3.05) is 14.2 Å². The fourth-order valence-corrected chi connectivity index (χ4v) is 1.71. The van der Waals surface area contributed by atoms with Crippen LogP contribution in [0.25, 0.3) is 0 Å². The third-order valence-corrected chi connectivity index (χ3v) is 2.88. The standard InChI is InChI=1S/C13H17FO5/c1-13(2,12(16)17)6-7-10(14)8(15)5-9(18-3)11(7)19-4/h5,15H,6H2,1-4H3,(H,16,17). The van der Waals surface area contributed by atoms with Crippen molar-refractivity contribution in [2.45, 2.75) is 20.3 Å². The predicted octanol–water partition coefficient (Wildman–Crippen LogP) is 2.20. The number of aromatic hydroxyl groups is 1. The van der Waals surface area contributed by atoms with Crippen molar-refractivity contribution >= 4 is 5.97 Å². The van der Waals surface area contributed by atoms with Crippen LogP contribution in [0.4, 0.5) is 4.39 Å². The highest BCUT2D eigenvalue weighted by atomic mass is 19.1. The molecule has 0 saturated heterocycles. The van der Waals surface area contributed by atoms with Gasteiger partial charge in [-0.1, -0.05) is 0 Å². The molecule has 106 valence electrons. The maximum atomic E-state index is 14.0. The van der Waals surface area contributed by atoms with Crippen LogP contribution in [0.1, 0.15) is 19.4 Å². The zero-order valence-corrected chi connectivity index (χ0v) is 11.3. The summed E-state index contributed by atoms with van der Waals surface area (Å²) in [7, 11) is 2.67. The smallest absolute Gasteiger partial charge is 0.309 e. The Morgan fingerprint density at radius 2 is 1.95 bits per heavy atom. The van der Waals surface area contributed by atoms with Gasteiger partial charge in [0.2, 0.25) is 0 Å². The molecule has 0 radical (unpaired) electrons. The summed E-state index contributed by atoms with van der Waals surface area (Å²) in [5, 5.41) is 18.6. The molecule has 0 spiro atoms. The summed E-state index contributed by atoms with van der Waals surface area (Å²) in [6.07, 6.45) is -0.137. The average molecular weight is 272 g/mol. The van der Waals surface area contributed by atoms with Gasteiger partial charge in [0.05, 0.1) is 19.6 Å². The second-order valence-corrected chi connectivity index (χ2v) is 4.79. The fourth-order valence-electron chi connectivity index (χ4n) is 1.71. The largest absolute Gasteiger partial charge is 0.505 e. The van der Waals surface area contributed by atoms with Crippen LogP contribution in [0, 0.1) is 11.2 Å². The Kier molecular flexibility index (Phi) is 4.24. The Hall–Kier alpha value is -1.98. The van der Waals surface area contributed by atoms with Gasteiger partial charge in [-0.05, 0) is 20.3 Å². The van der Waals surface area contributed by atoms with Crippen molar-refractivity contribution in [1.29, 1.82) is 0 Å². The van der Waals surface area contributed by atoms with E-state index in [-0.39, 0.29) is 23.5 Å². The molecule has 0 unspecified atom stereocenters. The summed E-state index contributed by atoms with van der Waals surface area (Å²) >= 11 is 0. The van der Waals surface area contributed by atoms with E-state index >= 15 is 0 Å². The molecule has 1 aromatic carbocycles. The van der Waals surface area contributed by atoms with E-state index in [4.69, 9.17) is 14.6 Å². The lowest BCUT2D eigenvalue weighted by Gasteiger charge is -2.22. The van der Waals surface area contributed by atoms with Crippen LogP contribution in [0.3, 0.4) is 0 Å². The van der Waals surface area contributed by atoms with Crippen molar-refractivity contribution < 1.29 is 28.9 Å². The van der Waals surface area contributed by atoms with Crippen molar-refractivity contribution in [1.82, 2.24) is 0 Å². The van der Waals surface area contributed by atoms with Crippen LogP contribution in [0.2, 0.25) is 0 Å². The van der Waals surface area contributed by atoms with Gasteiger partial charge in [0, 0.05) is 11.6 Å². The van der Waals surface area contributed by atoms with Gasteiger partial charge in [-0.2, -0.15) is 0 Å². The van der Waals surface area contributed by atoms with E-state index < -0.39 is 23.0 Å². The maximum absolute atomic E-state index is 14.0. The van der Waals surface area contributed by atoms with Crippen LogP contribution in [0.5, 0.6) is 17.2 Å². The van der Waals surface area contributed by atoms with Gasteiger partial charge >= 0.3 is 5.97 Å². The SMILES string of the molecule is COc1cc(O)c(F)c(CC(C)(C)C(=O)O)c1OC. The number of aliphatic carboxylic acids is 1. The number of ether oxygens (including phenoxy) is 2. The molecule has 0 amide bonds. The fraction of sp³-hybridized carbons (Fsp3) is 0.462. The summed E-state index contributed by atoms with van der Waals surface area (Å²) in [4.78, 5) is 11.1. The minimum Gasteiger partial charge on any atom is -0.505 e. The second-order valence-electron chi connectivity index (χ2n) is 4.79. The number of carbonyl (C=O) groups is 1. The predicted molar refractivity (Wildman–Crippen MR) is 66.3 cm³/mol. The Labute approximate surface area is 110 Å². The van der Waals surface area contributed by atoms with Crippen molar-refractivity contribution in [3.8, 4) is 17.2 Å². The molecule has 0 heterocycles. The Balaban J connectivity index is 3.40. The molecule has 0 aromatic heterocycles. The van der Waals surface area contributed by atoms with Gasteiger partial charge in [-0.15, -0.1) is 0 Å². The van der Waals surface area contributed by atoms with Crippen molar-refractivity contribution in [2.24, 2.45) is 5.41 Å². The van der Waals surface area contributed by atoms with Crippen LogP contribution in [0.15, 0.2) is 6.07 Å². The number of rotatable bonds is 5. The van der Waals surface area contributed by atoms with E-state index in [2.05, 4.69) is 0 Å². The molecule has 1 aromatic rings. The molecule has 0 atom stereocenters. The number of carboxylic acids is 1. The molecule has 0 aliphatic carbocycles. The first-order chi connectivity index (χ1) is 8.74. The van der Waals surface area contributed by atoms with Gasteiger partial charge in [-0.25, -0.2) is 4.39 Å². The Morgan fingerprint density at radius 1 is 1.37 bits per heavy atom. The topological polar surface area (TPSA) is 76.0 Å². The van der Waals surface area contributed by atoms with E-state index in [1.165, 1.54) is 28.1 Å². The quantitative estimate of drug-likeness (QED) is 0.859. The minimum absolute atomic E-state index is 0.0215. The number of methoxy groups -OCH3 is 2. The monoisotopic (exact) mass is 272 g/mol. The number of carboxylic acid groups (broad SMARTS) is 1. The molecule has 6 heteroatoms. The third-order valence-electron chi connectivity index (χ3n) is 2.88. The molecule has 0 aliphatic heterocycles. The Bertz CT molecular complexity index is 496. The summed E-state index contributed by atoms with van der Waals surface area (Å²) in [6.45, 7) is 2.93. The molecular formula is C13H17FO5. The number of phenolic OH excluding ortho intramolecular Hbond substituents is 1. The molecule has 2 N–H and O–H groups in total. The zero-order valence-electron chi connectivity index (χ0n) is 11.3. The van der Waals surface area contributed by atoms with Gasteiger partial charge in [0.25, 0.3) is 0 Å². The first-order valence-electron chi connectivity index (χ1n) is 5.60. The lowest BCUT2D eigenvalue weighted by Crippen LogP contribution is -2.27. The maximum Gasteiger partial charge on any atom is 0.309 e. The molecule has 0 saturated carbocycles. The third kappa shape index (κ3) is 2.89. The molecule has 0 aliphatic rings. The molecule has 0 fully saturated rings.